The van der Waals surface area contributed by atoms with Gasteiger partial charge in [-0.15, -0.1) is 17.9 Å². The molecule has 0 spiro atoms. The third kappa shape index (κ3) is 5.43. The summed E-state index contributed by atoms with van der Waals surface area (Å²) in [5.74, 6) is 0. The van der Waals surface area contributed by atoms with Crippen molar-refractivity contribution in [2.45, 2.75) is 0 Å². The lowest BCUT2D eigenvalue weighted by Crippen LogP contribution is -2.31. The van der Waals surface area contributed by atoms with E-state index < -0.39 is 0 Å². The van der Waals surface area contributed by atoms with Crippen molar-refractivity contribution in [3.63, 3.8) is 0 Å². The topological polar surface area (TPSA) is 36.4 Å². The summed E-state index contributed by atoms with van der Waals surface area (Å²) < 4.78 is 0. The highest BCUT2D eigenvalue weighted by molar-refractivity contribution is 7.80. The third-order valence-electron chi connectivity index (χ3n) is 1.54. The standard InChI is InChI=1S/C11H13N3S2/c1-2-7-12-11(15)14-13-8-3-5-10-6-4-9-16-10/h2-6,8-9H,1,7H2,(H2,12,14,15)/b5-3+,13-8+. The molecule has 0 radical (unpaired) electrons. The first-order valence-electron chi connectivity index (χ1n) is 4.71. The summed E-state index contributed by atoms with van der Waals surface area (Å²) >= 11 is 6.62. The fraction of sp³-hybridized carbons (Fsp3) is 0.0909. The largest absolute Gasteiger partial charge is 0.358 e. The van der Waals surface area contributed by atoms with Crippen LogP contribution in [0.1, 0.15) is 4.88 Å². The first-order valence-corrected chi connectivity index (χ1v) is 5.99. The molecule has 5 heteroatoms. The summed E-state index contributed by atoms with van der Waals surface area (Å²) in [6.07, 6.45) is 7.22. The Morgan fingerprint density at radius 1 is 1.62 bits per heavy atom. The molecule has 0 saturated heterocycles. The van der Waals surface area contributed by atoms with E-state index in [4.69, 9.17) is 12.2 Å². The van der Waals surface area contributed by atoms with Crippen LogP contribution in [0.15, 0.2) is 41.3 Å². The van der Waals surface area contributed by atoms with Crippen LogP contribution in [-0.4, -0.2) is 17.9 Å². The van der Waals surface area contributed by atoms with Gasteiger partial charge in [0.1, 0.15) is 0 Å². The van der Waals surface area contributed by atoms with E-state index in [1.54, 1.807) is 23.6 Å². The first-order chi connectivity index (χ1) is 7.83. The lowest BCUT2D eigenvalue weighted by atomic mass is 10.4. The minimum Gasteiger partial charge on any atom is -0.358 e. The molecule has 0 bridgehead atoms. The number of hydrogen-bond acceptors (Lipinski definition) is 3. The zero-order chi connectivity index (χ0) is 11.6. The second-order valence-electron chi connectivity index (χ2n) is 2.76. The maximum atomic E-state index is 4.94. The molecular weight excluding hydrogens is 238 g/mol. The smallest absolute Gasteiger partial charge is 0.187 e. The highest BCUT2D eigenvalue weighted by atomic mass is 32.1. The van der Waals surface area contributed by atoms with Gasteiger partial charge in [-0.25, -0.2) is 0 Å². The quantitative estimate of drug-likeness (QED) is 0.365. The highest BCUT2D eigenvalue weighted by Crippen LogP contribution is 2.09. The second-order valence-corrected chi connectivity index (χ2v) is 4.15. The fourth-order valence-electron chi connectivity index (χ4n) is 0.867. The summed E-state index contributed by atoms with van der Waals surface area (Å²) in [5, 5.41) is 9.35. The van der Waals surface area contributed by atoms with Gasteiger partial charge in [0.25, 0.3) is 0 Å². The lowest BCUT2D eigenvalue weighted by Gasteiger charge is -2.01. The van der Waals surface area contributed by atoms with Crippen LogP contribution in [0, 0.1) is 0 Å². The fourth-order valence-corrected chi connectivity index (χ4v) is 1.63. The molecule has 84 valence electrons. The number of hydrazone groups is 1. The zero-order valence-corrected chi connectivity index (χ0v) is 10.4. The number of thiocarbonyl (C=S) groups is 1. The Kier molecular flexibility index (Phi) is 6.13. The van der Waals surface area contributed by atoms with Crippen LogP contribution >= 0.6 is 23.6 Å². The molecule has 1 rings (SSSR count). The molecule has 1 aromatic heterocycles. The molecule has 0 amide bonds. The number of nitrogens with one attached hydrogen (secondary N) is 2. The molecule has 1 heterocycles. The van der Waals surface area contributed by atoms with E-state index in [1.807, 2.05) is 29.7 Å². The number of hydrogen-bond donors (Lipinski definition) is 2. The Balaban J connectivity index is 2.22. The van der Waals surface area contributed by atoms with E-state index in [0.717, 1.165) is 0 Å². The van der Waals surface area contributed by atoms with E-state index in [1.165, 1.54) is 4.88 Å². The van der Waals surface area contributed by atoms with Crippen molar-refractivity contribution in [3.05, 3.63) is 41.1 Å². The maximum absolute atomic E-state index is 4.94. The molecule has 0 aliphatic rings. The SMILES string of the molecule is C=CCNC(=S)N/N=C/C=C/c1cccs1. The Bertz CT molecular complexity index is 380. The summed E-state index contributed by atoms with van der Waals surface area (Å²) in [6, 6.07) is 4.05. The summed E-state index contributed by atoms with van der Waals surface area (Å²) in [7, 11) is 0. The van der Waals surface area contributed by atoms with Gasteiger partial charge in [0.15, 0.2) is 5.11 Å². The Labute approximate surface area is 105 Å². The molecule has 0 fully saturated rings. The average molecular weight is 251 g/mol. The Hall–Kier alpha value is -1.46. The number of thiophene rings is 1. The van der Waals surface area contributed by atoms with Gasteiger partial charge in [0, 0.05) is 17.6 Å². The van der Waals surface area contributed by atoms with Crippen LogP contribution in [0.2, 0.25) is 0 Å². The van der Waals surface area contributed by atoms with Gasteiger partial charge in [-0.05, 0) is 35.8 Å². The molecule has 0 saturated carbocycles. The molecule has 2 N–H and O–H groups in total. The van der Waals surface area contributed by atoms with Crippen LogP contribution in [-0.2, 0) is 0 Å². The van der Waals surface area contributed by atoms with Crippen molar-refractivity contribution in [1.29, 1.82) is 0 Å². The van der Waals surface area contributed by atoms with Crippen molar-refractivity contribution in [2.24, 2.45) is 5.10 Å². The molecule has 1 aromatic rings. The van der Waals surface area contributed by atoms with Crippen LogP contribution in [0.4, 0.5) is 0 Å². The number of rotatable bonds is 5. The summed E-state index contributed by atoms with van der Waals surface area (Å²) in [4.78, 5) is 1.19. The predicted octanol–water partition coefficient (Wildman–Crippen LogP) is 2.40. The van der Waals surface area contributed by atoms with Gasteiger partial charge in [-0.3, -0.25) is 5.43 Å². The molecule has 3 nitrogen and oxygen atoms in total. The van der Waals surface area contributed by atoms with Crippen LogP contribution in [0.3, 0.4) is 0 Å². The second kappa shape index (κ2) is 7.78. The van der Waals surface area contributed by atoms with E-state index in [2.05, 4.69) is 22.4 Å². The van der Waals surface area contributed by atoms with Gasteiger partial charge < -0.3 is 5.32 Å². The minimum atomic E-state index is 0.487. The summed E-state index contributed by atoms with van der Waals surface area (Å²) in [6.45, 7) is 4.20. The van der Waals surface area contributed by atoms with Crippen LogP contribution in [0.5, 0.6) is 0 Å². The van der Waals surface area contributed by atoms with E-state index >= 15 is 0 Å². The van der Waals surface area contributed by atoms with Gasteiger partial charge in [-0.1, -0.05) is 12.1 Å². The van der Waals surface area contributed by atoms with Crippen molar-refractivity contribution >= 4 is 41.0 Å². The van der Waals surface area contributed by atoms with E-state index in [9.17, 15) is 0 Å². The van der Waals surface area contributed by atoms with E-state index in [-0.39, 0.29) is 0 Å². The highest BCUT2D eigenvalue weighted by Gasteiger charge is 1.87. The van der Waals surface area contributed by atoms with Gasteiger partial charge in [0.2, 0.25) is 0 Å². The van der Waals surface area contributed by atoms with Crippen molar-refractivity contribution in [2.75, 3.05) is 6.54 Å². The van der Waals surface area contributed by atoms with E-state index in [0.29, 0.717) is 11.7 Å². The Morgan fingerprint density at radius 2 is 2.50 bits per heavy atom. The molecule has 0 aliphatic heterocycles. The predicted molar refractivity (Wildman–Crippen MR) is 75.8 cm³/mol. The number of allylic oxidation sites excluding steroid dienone is 1. The lowest BCUT2D eigenvalue weighted by molar-refractivity contribution is 0.942. The molecule has 16 heavy (non-hydrogen) atoms. The van der Waals surface area contributed by atoms with Gasteiger partial charge in [0.05, 0.1) is 0 Å². The molecule has 0 unspecified atom stereocenters. The number of nitrogens with zero attached hydrogens (tertiary/aromatic N) is 1. The first kappa shape index (κ1) is 12.6. The molecular formula is C11H13N3S2. The summed E-state index contributed by atoms with van der Waals surface area (Å²) in [5.41, 5.74) is 2.69. The Morgan fingerprint density at radius 3 is 3.19 bits per heavy atom. The van der Waals surface area contributed by atoms with Crippen molar-refractivity contribution in [3.8, 4) is 0 Å². The monoisotopic (exact) mass is 251 g/mol. The third-order valence-corrected chi connectivity index (χ3v) is 2.61. The molecule has 0 aliphatic carbocycles. The maximum Gasteiger partial charge on any atom is 0.187 e. The normalized spacial score (nSPS) is 10.8. The van der Waals surface area contributed by atoms with Crippen LogP contribution in [0.25, 0.3) is 6.08 Å². The van der Waals surface area contributed by atoms with Gasteiger partial charge >= 0.3 is 0 Å². The minimum absolute atomic E-state index is 0.487. The average Bonchev–Trinajstić information content (AvgIpc) is 2.79. The van der Waals surface area contributed by atoms with Crippen molar-refractivity contribution in [1.82, 2.24) is 10.7 Å². The molecule has 0 aromatic carbocycles. The van der Waals surface area contributed by atoms with Crippen molar-refractivity contribution < 1.29 is 0 Å². The van der Waals surface area contributed by atoms with Crippen LogP contribution < -0.4 is 10.7 Å². The molecule has 0 atom stereocenters. The zero-order valence-electron chi connectivity index (χ0n) is 8.72. The van der Waals surface area contributed by atoms with Gasteiger partial charge in [-0.2, -0.15) is 5.10 Å².